The van der Waals surface area contributed by atoms with Crippen molar-refractivity contribution in [2.45, 2.75) is 6.92 Å². The summed E-state index contributed by atoms with van der Waals surface area (Å²) < 4.78 is 0. The lowest BCUT2D eigenvalue weighted by molar-refractivity contribution is -0.135. The molecule has 0 aliphatic heterocycles. The Hall–Kier alpha value is -2.61. The van der Waals surface area contributed by atoms with E-state index in [9.17, 15) is 4.79 Å². The third kappa shape index (κ3) is 2.47. The van der Waals surface area contributed by atoms with Crippen molar-refractivity contribution in [3.63, 3.8) is 0 Å². The normalized spacial score (nSPS) is 10.2. The molecular weight excluding hydrogens is 242 g/mol. The van der Waals surface area contributed by atoms with Crippen LogP contribution >= 0.6 is 0 Å². The number of anilines is 1. The third-order valence-corrected chi connectivity index (χ3v) is 2.88. The fourth-order valence-electron chi connectivity index (χ4n) is 1.99. The number of fused-ring (bicyclic) bond motifs is 1. The first kappa shape index (κ1) is 12.8. The number of carboxylic acid groups (broad SMARTS) is 1. The second-order valence-corrected chi connectivity index (χ2v) is 4.37. The van der Waals surface area contributed by atoms with Crippen molar-refractivity contribution < 1.29 is 9.90 Å². The van der Waals surface area contributed by atoms with E-state index < -0.39 is 5.97 Å². The fourth-order valence-corrected chi connectivity index (χ4v) is 1.99. The molecule has 0 aliphatic carbocycles. The van der Waals surface area contributed by atoms with Crippen LogP contribution in [0, 0.1) is 18.3 Å². The monoisotopic (exact) mass is 255 g/mol. The van der Waals surface area contributed by atoms with Gasteiger partial charge in [0.2, 0.25) is 0 Å². The molecule has 19 heavy (non-hydrogen) atoms. The van der Waals surface area contributed by atoms with Crippen LogP contribution in [0.15, 0.2) is 24.3 Å². The quantitative estimate of drug-likeness (QED) is 0.906. The van der Waals surface area contributed by atoms with Gasteiger partial charge in [-0.05, 0) is 18.6 Å². The van der Waals surface area contributed by atoms with Crippen LogP contribution in [0.1, 0.15) is 11.1 Å². The van der Waals surface area contributed by atoms with Gasteiger partial charge < -0.3 is 10.0 Å². The molecule has 0 radical (unpaired) electrons. The van der Waals surface area contributed by atoms with E-state index in [0.717, 1.165) is 16.5 Å². The van der Waals surface area contributed by atoms with E-state index in [1.54, 1.807) is 13.1 Å². The van der Waals surface area contributed by atoms with E-state index >= 15 is 0 Å². The summed E-state index contributed by atoms with van der Waals surface area (Å²) in [6.45, 7) is 1.74. The predicted molar refractivity (Wildman–Crippen MR) is 72.1 cm³/mol. The average Bonchev–Trinajstić information content (AvgIpc) is 2.37. The fraction of sp³-hybridized carbons (Fsp3) is 0.214. The number of carboxylic acids is 1. The number of benzene rings is 1. The molecule has 1 N–H and O–H groups in total. The number of rotatable bonds is 3. The number of nitriles is 1. The molecule has 1 aromatic carbocycles. The van der Waals surface area contributed by atoms with Crippen molar-refractivity contribution in [1.29, 1.82) is 5.26 Å². The Bertz CT molecular complexity index is 689. The highest BCUT2D eigenvalue weighted by atomic mass is 16.4. The zero-order chi connectivity index (χ0) is 14.0. The first-order valence-electron chi connectivity index (χ1n) is 5.76. The van der Waals surface area contributed by atoms with E-state index in [4.69, 9.17) is 10.4 Å². The van der Waals surface area contributed by atoms with Crippen LogP contribution in [-0.4, -0.2) is 29.7 Å². The molecule has 0 atom stereocenters. The van der Waals surface area contributed by atoms with Crippen molar-refractivity contribution >= 4 is 22.7 Å². The Morgan fingerprint density at radius 3 is 2.89 bits per heavy atom. The lowest BCUT2D eigenvalue weighted by Crippen LogP contribution is -2.26. The molecule has 0 saturated carbocycles. The molecule has 5 heteroatoms. The molecular formula is C14H13N3O2. The Balaban J connectivity index is 2.62. The Kier molecular flexibility index (Phi) is 3.34. The first-order valence-corrected chi connectivity index (χ1v) is 5.76. The minimum Gasteiger partial charge on any atom is -0.480 e. The molecule has 96 valence electrons. The van der Waals surface area contributed by atoms with Gasteiger partial charge in [0, 0.05) is 12.4 Å². The van der Waals surface area contributed by atoms with Gasteiger partial charge in [-0.2, -0.15) is 5.26 Å². The van der Waals surface area contributed by atoms with E-state index in [1.165, 1.54) is 4.90 Å². The number of para-hydroxylation sites is 1. The SMILES string of the molecule is Cc1cccc2cc(C#N)c(N(C)CC(=O)O)nc12. The van der Waals surface area contributed by atoms with Crippen molar-refractivity contribution in [3.8, 4) is 6.07 Å². The maximum Gasteiger partial charge on any atom is 0.323 e. The van der Waals surface area contributed by atoms with Gasteiger partial charge in [0.1, 0.15) is 18.4 Å². The van der Waals surface area contributed by atoms with Gasteiger partial charge in [-0.1, -0.05) is 18.2 Å². The van der Waals surface area contributed by atoms with Crippen LogP contribution in [0.25, 0.3) is 10.9 Å². The van der Waals surface area contributed by atoms with Crippen molar-refractivity contribution in [3.05, 3.63) is 35.4 Å². The number of carbonyl (C=O) groups is 1. The van der Waals surface area contributed by atoms with Gasteiger partial charge in [-0.25, -0.2) is 4.98 Å². The maximum atomic E-state index is 10.8. The smallest absolute Gasteiger partial charge is 0.323 e. The molecule has 0 unspecified atom stereocenters. The number of pyridine rings is 1. The number of aliphatic carboxylic acids is 1. The molecule has 0 bridgehead atoms. The summed E-state index contributed by atoms with van der Waals surface area (Å²) in [5, 5.41) is 18.9. The minimum absolute atomic E-state index is 0.195. The summed E-state index contributed by atoms with van der Waals surface area (Å²) in [7, 11) is 1.61. The topological polar surface area (TPSA) is 77.2 Å². The molecule has 0 saturated heterocycles. The highest BCUT2D eigenvalue weighted by Crippen LogP contribution is 2.24. The molecule has 1 heterocycles. The number of aryl methyl sites for hydroxylation is 1. The largest absolute Gasteiger partial charge is 0.480 e. The van der Waals surface area contributed by atoms with Crippen LogP contribution in [0.5, 0.6) is 0 Å². The van der Waals surface area contributed by atoms with Crippen molar-refractivity contribution in [2.24, 2.45) is 0 Å². The molecule has 0 amide bonds. The van der Waals surface area contributed by atoms with Gasteiger partial charge in [0.25, 0.3) is 0 Å². The van der Waals surface area contributed by atoms with Crippen LogP contribution in [0.4, 0.5) is 5.82 Å². The van der Waals surface area contributed by atoms with E-state index in [-0.39, 0.29) is 6.54 Å². The third-order valence-electron chi connectivity index (χ3n) is 2.88. The first-order chi connectivity index (χ1) is 9.02. The molecule has 1 aromatic heterocycles. The van der Waals surface area contributed by atoms with Gasteiger partial charge in [0.05, 0.1) is 11.1 Å². The standard InChI is InChI=1S/C14H13N3O2/c1-9-4-3-5-10-6-11(7-15)14(16-13(9)10)17(2)8-12(18)19/h3-6H,8H2,1-2H3,(H,18,19). The number of nitrogens with zero attached hydrogens (tertiary/aromatic N) is 3. The maximum absolute atomic E-state index is 10.8. The van der Waals surface area contributed by atoms with E-state index in [1.807, 2.05) is 25.1 Å². The van der Waals surface area contributed by atoms with Gasteiger partial charge in [-0.3, -0.25) is 4.79 Å². The molecule has 2 aromatic rings. The number of likely N-dealkylation sites (N-methyl/N-ethyl adjacent to an activating group) is 1. The number of aromatic nitrogens is 1. The molecule has 0 fully saturated rings. The zero-order valence-corrected chi connectivity index (χ0v) is 10.7. The lowest BCUT2D eigenvalue weighted by Gasteiger charge is -2.17. The highest BCUT2D eigenvalue weighted by Gasteiger charge is 2.14. The van der Waals surface area contributed by atoms with Crippen LogP contribution in [-0.2, 0) is 4.79 Å². The number of hydrogen-bond donors (Lipinski definition) is 1. The zero-order valence-electron chi connectivity index (χ0n) is 10.7. The van der Waals surface area contributed by atoms with Crippen LogP contribution in [0.3, 0.4) is 0 Å². The second kappa shape index (κ2) is 4.94. The summed E-state index contributed by atoms with van der Waals surface area (Å²) in [5.74, 6) is -0.565. The molecule has 2 rings (SSSR count). The van der Waals surface area contributed by atoms with Gasteiger partial charge >= 0.3 is 5.97 Å². The van der Waals surface area contributed by atoms with Crippen LogP contribution in [0.2, 0.25) is 0 Å². The minimum atomic E-state index is -0.960. The summed E-state index contributed by atoms with van der Waals surface area (Å²) >= 11 is 0. The Morgan fingerprint density at radius 2 is 2.26 bits per heavy atom. The van der Waals surface area contributed by atoms with E-state index in [2.05, 4.69) is 11.1 Å². The van der Waals surface area contributed by atoms with Gasteiger partial charge in [-0.15, -0.1) is 0 Å². The summed E-state index contributed by atoms with van der Waals surface area (Å²) in [6, 6.07) is 9.53. The highest BCUT2D eigenvalue weighted by molar-refractivity contribution is 5.86. The van der Waals surface area contributed by atoms with Crippen molar-refractivity contribution in [1.82, 2.24) is 4.98 Å². The average molecular weight is 255 g/mol. The Labute approximate surface area is 110 Å². The molecule has 0 spiro atoms. The summed E-state index contributed by atoms with van der Waals surface area (Å²) in [6.07, 6.45) is 0. The van der Waals surface area contributed by atoms with E-state index in [0.29, 0.717) is 11.4 Å². The number of hydrogen-bond acceptors (Lipinski definition) is 4. The lowest BCUT2D eigenvalue weighted by atomic mass is 10.1. The summed E-state index contributed by atoms with van der Waals surface area (Å²) in [4.78, 5) is 16.7. The second-order valence-electron chi connectivity index (χ2n) is 4.37. The predicted octanol–water partition coefficient (Wildman–Crippen LogP) is 1.94. The Morgan fingerprint density at radius 1 is 1.53 bits per heavy atom. The van der Waals surface area contributed by atoms with Gasteiger partial charge in [0.15, 0.2) is 0 Å². The summed E-state index contributed by atoms with van der Waals surface area (Å²) in [5.41, 5.74) is 2.16. The molecule has 5 nitrogen and oxygen atoms in total. The van der Waals surface area contributed by atoms with Crippen LogP contribution < -0.4 is 4.90 Å². The molecule has 0 aliphatic rings. The van der Waals surface area contributed by atoms with Crippen molar-refractivity contribution in [2.75, 3.05) is 18.5 Å².